The van der Waals surface area contributed by atoms with Crippen LogP contribution in [0.4, 0.5) is 4.39 Å². The van der Waals surface area contributed by atoms with Crippen LogP contribution in [0, 0.1) is 12.7 Å². The lowest BCUT2D eigenvalue weighted by atomic mass is 10.00. The number of nitrogens with zero attached hydrogens (tertiary/aromatic N) is 1. The monoisotopic (exact) mass is 264 g/mol. The summed E-state index contributed by atoms with van der Waals surface area (Å²) in [5.41, 5.74) is 7.80. The van der Waals surface area contributed by atoms with Crippen molar-refractivity contribution in [2.75, 3.05) is 19.6 Å². The predicted octanol–water partition coefficient (Wildman–Crippen LogP) is 3.40. The molecule has 1 saturated heterocycles. The molecule has 1 aliphatic heterocycles. The fourth-order valence-electron chi connectivity index (χ4n) is 2.97. The molecule has 0 saturated carbocycles. The Morgan fingerprint density at radius 1 is 1.16 bits per heavy atom. The van der Waals surface area contributed by atoms with Gasteiger partial charge in [0.1, 0.15) is 5.82 Å². The molecule has 0 amide bonds. The highest BCUT2D eigenvalue weighted by molar-refractivity contribution is 5.27. The van der Waals surface area contributed by atoms with Gasteiger partial charge >= 0.3 is 0 Å². The van der Waals surface area contributed by atoms with Crippen LogP contribution in [0.2, 0.25) is 0 Å². The lowest BCUT2D eigenvalue weighted by Crippen LogP contribution is -2.36. The van der Waals surface area contributed by atoms with Gasteiger partial charge in [-0.25, -0.2) is 4.39 Å². The molecule has 1 fully saturated rings. The van der Waals surface area contributed by atoms with Gasteiger partial charge in [0.05, 0.1) is 0 Å². The first-order chi connectivity index (χ1) is 9.22. The van der Waals surface area contributed by atoms with Crippen LogP contribution in [-0.4, -0.2) is 24.5 Å². The molecule has 19 heavy (non-hydrogen) atoms. The van der Waals surface area contributed by atoms with E-state index in [1.807, 2.05) is 19.1 Å². The minimum atomic E-state index is -0.122. The topological polar surface area (TPSA) is 29.3 Å². The lowest BCUT2D eigenvalue weighted by molar-refractivity contribution is 0.180. The molecule has 0 aromatic heterocycles. The zero-order chi connectivity index (χ0) is 13.7. The van der Waals surface area contributed by atoms with Crippen LogP contribution < -0.4 is 5.73 Å². The van der Waals surface area contributed by atoms with Crippen LogP contribution in [0.25, 0.3) is 0 Å². The van der Waals surface area contributed by atoms with E-state index < -0.39 is 0 Å². The molecule has 0 bridgehead atoms. The molecule has 1 aliphatic rings. The Morgan fingerprint density at radius 3 is 2.42 bits per heavy atom. The zero-order valence-corrected chi connectivity index (χ0v) is 11.9. The summed E-state index contributed by atoms with van der Waals surface area (Å²) >= 11 is 0. The fourth-order valence-corrected chi connectivity index (χ4v) is 2.97. The number of hydrogen-bond donors (Lipinski definition) is 1. The zero-order valence-electron chi connectivity index (χ0n) is 11.9. The third-order valence-corrected chi connectivity index (χ3v) is 4.07. The highest BCUT2D eigenvalue weighted by atomic mass is 19.1. The van der Waals surface area contributed by atoms with Gasteiger partial charge in [-0.3, -0.25) is 4.90 Å². The van der Waals surface area contributed by atoms with Crippen molar-refractivity contribution >= 4 is 0 Å². The third-order valence-electron chi connectivity index (χ3n) is 4.07. The SMILES string of the molecule is Cc1ccc(F)c(C(CN)N2CCCCCCC2)c1. The van der Waals surface area contributed by atoms with Gasteiger partial charge in [-0.2, -0.15) is 0 Å². The minimum Gasteiger partial charge on any atom is -0.329 e. The molecule has 3 heteroatoms. The van der Waals surface area contributed by atoms with Crippen molar-refractivity contribution in [3.63, 3.8) is 0 Å². The van der Waals surface area contributed by atoms with Gasteiger partial charge in [-0.05, 0) is 38.9 Å². The molecule has 0 aliphatic carbocycles. The normalized spacial score (nSPS) is 19.7. The van der Waals surface area contributed by atoms with Crippen molar-refractivity contribution in [1.29, 1.82) is 0 Å². The number of rotatable bonds is 3. The van der Waals surface area contributed by atoms with E-state index >= 15 is 0 Å². The van der Waals surface area contributed by atoms with Gasteiger partial charge in [0, 0.05) is 18.2 Å². The summed E-state index contributed by atoms with van der Waals surface area (Å²) in [5, 5.41) is 0. The average molecular weight is 264 g/mol. The van der Waals surface area contributed by atoms with Gasteiger partial charge < -0.3 is 5.73 Å². The maximum absolute atomic E-state index is 14.1. The van der Waals surface area contributed by atoms with Crippen LogP contribution in [0.5, 0.6) is 0 Å². The van der Waals surface area contributed by atoms with E-state index in [0.29, 0.717) is 6.54 Å². The molecule has 2 N–H and O–H groups in total. The Morgan fingerprint density at radius 2 is 1.79 bits per heavy atom. The van der Waals surface area contributed by atoms with E-state index in [1.165, 1.54) is 32.1 Å². The van der Waals surface area contributed by atoms with E-state index in [-0.39, 0.29) is 11.9 Å². The summed E-state index contributed by atoms with van der Waals surface area (Å²) in [6.45, 7) is 4.56. The number of nitrogens with two attached hydrogens (primary N) is 1. The first-order valence-corrected chi connectivity index (χ1v) is 7.42. The Labute approximate surface area is 115 Å². The van der Waals surface area contributed by atoms with Gasteiger partial charge in [-0.1, -0.05) is 37.0 Å². The summed E-state index contributed by atoms with van der Waals surface area (Å²) in [7, 11) is 0. The molecule has 0 spiro atoms. The van der Waals surface area contributed by atoms with Crippen molar-refractivity contribution in [1.82, 2.24) is 4.90 Å². The van der Waals surface area contributed by atoms with E-state index in [2.05, 4.69) is 4.90 Å². The molecular weight excluding hydrogens is 239 g/mol. The Kier molecular flexibility index (Phi) is 5.34. The number of likely N-dealkylation sites (tertiary alicyclic amines) is 1. The van der Waals surface area contributed by atoms with Gasteiger partial charge in [0.2, 0.25) is 0 Å². The molecule has 0 radical (unpaired) electrons. The Bertz CT molecular complexity index is 398. The van der Waals surface area contributed by atoms with E-state index in [0.717, 1.165) is 24.2 Å². The second-order valence-electron chi connectivity index (χ2n) is 5.58. The highest BCUT2D eigenvalue weighted by Gasteiger charge is 2.22. The molecule has 106 valence electrons. The van der Waals surface area contributed by atoms with Crippen LogP contribution in [0.3, 0.4) is 0 Å². The lowest BCUT2D eigenvalue weighted by Gasteiger charge is -2.33. The summed E-state index contributed by atoms with van der Waals surface area (Å²) in [6, 6.07) is 5.36. The smallest absolute Gasteiger partial charge is 0.128 e. The highest BCUT2D eigenvalue weighted by Crippen LogP contribution is 2.26. The quantitative estimate of drug-likeness (QED) is 0.906. The largest absolute Gasteiger partial charge is 0.329 e. The summed E-state index contributed by atoms with van der Waals surface area (Å²) in [6.07, 6.45) is 6.29. The fraction of sp³-hybridized carbons (Fsp3) is 0.625. The number of benzene rings is 1. The average Bonchev–Trinajstić information content (AvgIpc) is 2.36. The van der Waals surface area contributed by atoms with Crippen molar-refractivity contribution in [2.24, 2.45) is 5.73 Å². The summed E-state index contributed by atoms with van der Waals surface area (Å²) in [5.74, 6) is -0.122. The van der Waals surface area contributed by atoms with E-state index in [1.54, 1.807) is 6.07 Å². The Hall–Kier alpha value is -0.930. The number of hydrogen-bond acceptors (Lipinski definition) is 2. The van der Waals surface area contributed by atoms with Crippen LogP contribution in [0.15, 0.2) is 18.2 Å². The molecular formula is C16H25FN2. The maximum Gasteiger partial charge on any atom is 0.128 e. The minimum absolute atomic E-state index is 0.0259. The van der Waals surface area contributed by atoms with Crippen LogP contribution in [-0.2, 0) is 0 Å². The summed E-state index contributed by atoms with van der Waals surface area (Å²) in [4.78, 5) is 2.37. The molecule has 1 aromatic carbocycles. The number of halogens is 1. The molecule has 2 rings (SSSR count). The van der Waals surface area contributed by atoms with Crippen molar-refractivity contribution in [3.8, 4) is 0 Å². The van der Waals surface area contributed by atoms with Gasteiger partial charge in [0.15, 0.2) is 0 Å². The van der Waals surface area contributed by atoms with Gasteiger partial charge in [0.25, 0.3) is 0 Å². The first kappa shape index (κ1) is 14.5. The molecule has 1 heterocycles. The van der Waals surface area contributed by atoms with Crippen molar-refractivity contribution in [3.05, 3.63) is 35.1 Å². The second kappa shape index (κ2) is 7.01. The molecule has 1 unspecified atom stereocenters. The second-order valence-corrected chi connectivity index (χ2v) is 5.58. The Balaban J connectivity index is 2.19. The molecule has 1 aromatic rings. The number of aryl methyl sites for hydroxylation is 1. The first-order valence-electron chi connectivity index (χ1n) is 7.42. The van der Waals surface area contributed by atoms with Crippen LogP contribution >= 0.6 is 0 Å². The van der Waals surface area contributed by atoms with E-state index in [4.69, 9.17) is 5.73 Å². The maximum atomic E-state index is 14.1. The predicted molar refractivity (Wildman–Crippen MR) is 77.6 cm³/mol. The standard InChI is InChI=1S/C16H25FN2/c1-13-7-8-15(17)14(11-13)16(12-18)19-9-5-3-2-4-6-10-19/h7-8,11,16H,2-6,9-10,12,18H2,1H3. The molecule has 1 atom stereocenters. The van der Waals surface area contributed by atoms with Crippen molar-refractivity contribution in [2.45, 2.75) is 45.1 Å². The van der Waals surface area contributed by atoms with Crippen molar-refractivity contribution < 1.29 is 4.39 Å². The van der Waals surface area contributed by atoms with E-state index in [9.17, 15) is 4.39 Å². The van der Waals surface area contributed by atoms with Gasteiger partial charge in [-0.15, -0.1) is 0 Å². The van der Waals surface area contributed by atoms with Crippen LogP contribution in [0.1, 0.15) is 49.3 Å². The summed E-state index contributed by atoms with van der Waals surface area (Å²) < 4.78 is 14.1. The molecule has 2 nitrogen and oxygen atoms in total. The third kappa shape index (κ3) is 3.77.